The highest BCUT2D eigenvalue weighted by atomic mass is 14.9. The molecule has 3 rings (SSSR count). The number of nitrogens with one attached hydrogen (secondary N) is 1. The molecule has 1 aromatic carbocycles. The molecule has 0 radical (unpaired) electrons. The first-order valence-corrected chi connectivity index (χ1v) is 7.86. The van der Waals surface area contributed by atoms with Crippen LogP contribution in [-0.4, -0.2) is 11.0 Å². The monoisotopic (exact) mass is 268 g/mol. The number of rotatable bonds is 4. The van der Waals surface area contributed by atoms with Crippen LogP contribution in [0.15, 0.2) is 36.4 Å². The minimum Gasteiger partial charge on any atom is -0.308 e. The van der Waals surface area contributed by atoms with Gasteiger partial charge in [-0.15, -0.1) is 0 Å². The number of para-hydroxylation sites is 1. The molecule has 2 aromatic rings. The molecule has 0 bridgehead atoms. The molecule has 0 amide bonds. The molecular weight excluding hydrogens is 244 g/mol. The highest BCUT2D eigenvalue weighted by Crippen LogP contribution is 2.33. The fraction of sp³-hybridized carbons (Fsp3) is 0.500. The lowest BCUT2D eigenvalue weighted by Crippen LogP contribution is -2.32. The molecule has 0 saturated heterocycles. The van der Waals surface area contributed by atoms with Crippen LogP contribution in [0.25, 0.3) is 10.9 Å². The summed E-state index contributed by atoms with van der Waals surface area (Å²) in [6, 6.07) is 13.3. The van der Waals surface area contributed by atoms with Gasteiger partial charge in [-0.3, -0.25) is 4.98 Å². The summed E-state index contributed by atoms with van der Waals surface area (Å²) in [5, 5.41) is 4.93. The minimum atomic E-state index is 0.660. The van der Waals surface area contributed by atoms with Crippen molar-refractivity contribution in [2.24, 2.45) is 11.8 Å². The van der Waals surface area contributed by atoms with Gasteiger partial charge in [0.15, 0.2) is 0 Å². The van der Waals surface area contributed by atoms with E-state index >= 15 is 0 Å². The predicted octanol–water partition coefficient (Wildman–Crippen LogP) is 4.15. The SMILES string of the molecule is CCC1CCC(NCc2ccc3ccccc3n2)C1C. The average molecular weight is 268 g/mol. The number of aromatic nitrogens is 1. The second kappa shape index (κ2) is 5.92. The maximum atomic E-state index is 4.74. The van der Waals surface area contributed by atoms with Gasteiger partial charge in [0.2, 0.25) is 0 Å². The van der Waals surface area contributed by atoms with Gasteiger partial charge in [0.05, 0.1) is 11.2 Å². The van der Waals surface area contributed by atoms with Crippen LogP contribution in [0, 0.1) is 11.8 Å². The van der Waals surface area contributed by atoms with E-state index in [4.69, 9.17) is 4.98 Å². The van der Waals surface area contributed by atoms with Gasteiger partial charge in [-0.1, -0.05) is 44.5 Å². The first kappa shape index (κ1) is 13.6. The molecule has 0 aliphatic heterocycles. The van der Waals surface area contributed by atoms with E-state index in [-0.39, 0.29) is 0 Å². The third kappa shape index (κ3) is 2.71. The normalized spacial score (nSPS) is 26.2. The van der Waals surface area contributed by atoms with Crippen molar-refractivity contribution in [2.75, 3.05) is 0 Å². The van der Waals surface area contributed by atoms with Crippen molar-refractivity contribution < 1.29 is 0 Å². The maximum Gasteiger partial charge on any atom is 0.0705 e. The van der Waals surface area contributed by atoms with E-state index in [0.717, 1.165) is 29.6 Å². The predicted molar refractivity (Wildman–Crippen MR) is 84.5 cm³/mol. The standard InChI is InChI=1S/C18H24N2/c1-3-14-9-11-17(13(14)2)19-12-16-10-8-15-6-4-5-7-18(15)20-16/h4-8,10,13-14,17,19H,3,9,11-12H2,1-2H3. The lowest BCUT2D eigenvalue weighted by Gasteiger charge is -2.21. The van der Waals surface area contributed by atoms with Crippen molar-refractivity contribution in [1.82, 2.24) is 10.3 Å². The Morgan fingerprint density at radius 3 is 2.80 bits per heavy atom. The number of benzene rings is 1. The molecule has 1 fully saturated rings. The van der Waals surface area contributed by atoms with Gasteiger partial charge in [-0.2, -0.15) is 0 Å². The van der Waals surface area contributed by atoms with Crippen molar-refractivity contribution in [3.8, 4) is 0 Å². The van der Waals surface area contributed by atoms with Gasteiger partial charge >= 0.3 is 0 Å². The molecule has 1 aromatic heterocycles. The summed E-state index contributed by atoms with van der Waals surface area (Å²) in [4.78, 5) is 4.74. The Morgan fingerprint density at radius 1 is 1.15 bits per heavy atom. The molecule has 20 heavy (non-hydrogen) atoms. The Morgan fingerprint density at radius 2 is 2.00 bits per heavy atom. The number of pyridine rings is 1. The van der Waals surface area contributed by atoms with Crippen LogP contribution in [-0.2, 0) is 6.54 Å². The third-order valence-electron chi connectivity index (χ3n) is 4.95. The van der Waals surface area contributed by atoms with Crippen LogP contribution >= 0.6 is 0 Å². The smallest absolute Gasteiger partial charge is 0.0705 e. The Kier molecular flexibility index (Phi) is 4.02. The highest BCUT2D eigenvalue weighted by Gasteiger charge is 2.30. The van der Waals surface area contributed by atoms with Crippen LogP contribution in [0.1, 0.15) is 38.8 Å². The maximum absolute atomic E-state index is 4.74. The topological polar surface area (TPSA) is 24.9 Å². The highest BCUT2D eigenvalue weighted by molar-refractivity contribution is 5.78. The first-order valence-electron chi connectivity index (χ1n) is 7.86. The van der Waals surface area contributed by atoms with Crippen LogP contribution < -0.4 is 5.32 Å². The van der Waals surface area contributed by atoms with Crippen LogP contribution in [0.3, 0.4) is 0 Å². The molecule has 1 N–H and O–H groups in total. The summed E-state index contributed by atoms with van der Waals surface area (Å²) >= 11 is 0. The second-order valence-electron chi connectivity index (χ2n) is 6.09. The van der Waals surface area contributed by atoms with Gasteiger partial charge in [0, 0.05) is 18.0 Å². The number of hydrogen-bond acceptors (Lipinski definition) is 2. The van der Waals surface area contributed by atoms with Gasteiger partial charge in [0.25, 0.3) is 0 Å². The van der Waals surface area contributed by atoms with E-state index in [1.54, 1.807) is 0 Å². The van der Waals surface area contributed by atoms with Gasteiger partial charge < -0.3 is 5.32 Å². The molecule has 2 heteroatoms. The van der Waals surface area contributed by atoms with E-state index in [0.29, 0.717) is 6.04 Å². The fourth-order valence-electron chi connectivity index (χ4n) is 3.55. The van der Waals surface area contributed by atoms with Crippen LogP contribution in [0.5, 0.6) is 0 Å². The molecule has 3 unspecified atom stereocenters. The van der Waals surface area contributed by atoms with Crippen LogP contribution in [0.2, 0.25) is 0 Å². The van der Waals surface area contributed by atoms with E-state index < -0.39 is 0 Å². The molecular formula is C18H24N2. The first-order chi connectivity index (χ1) is 9.78. The van der Waals surface area contributed by atoms with E-state index in [9.17, 15) is 0 Å². The summed E-state index contributed by atoms with van der Waals surface area (Å²) < 4.78 is 0. The molecule has 1 saturated carbocycles. The summed E-state index contributed by atoms with van der Waals surface area (Å²) in [6.07, 6.45) is 4.00. The molecule has 1 aliphatic rings. The van der Waals surface area contributed by atoms with E-state index in [1.807, 2.05) is 0 Å². The van der Waals surface area contributed by atoms with Gasteiger partial charge in [-0.25, -0.2) is 0 Å². The molecule has 1 heterocycles. The number of fused-ring (bicyclic) bond motifs is 1. The molecule has 1 aliphatic carbocycles. The Bertz CT molecular complexity index is 578. The fourth-order valence-corrected chi connectivity index (χ4v) is 3.55. The van der Waals surface area contributed by atoms with Gasteiger partial charge in [-0.05, 0) is 36.8 Å². The number of hydrogen-bond donors (Lipinski definition) is 1. The summed E-state index contributed by atoms with van der Waals surface area (Å²) in [7, 11) is 0. The van der Waals surface area contributed by atoms with Crippen molar-refractivity contribution >= 4 is 10.9 Å². The quantitative estimate of drug-likeness (QED) is 0.901. The molecule has 2 nitrogen and oxygen atoms in total. The van der Waals surface area contributed by atoms with Crippen molar-refractivity contribution in [2.45, 2.75) is 45.7 Å². The average Bonchev–Trinajstić information content (AvgIpc) is 2.85. The minimum absolute atomic E-state index is 0.660. The lowest BCUT2D eigenvalue weighted by molar-refractivity contribution is 0.343. The summed E-state index contributed by atoms with van der Waals surface area (Å²) in [6.45, 7) is 5.59. The van der Waals surface area contributed by atoms with Crippen LogP contribution in [0.4, 0.5) is 0 Å². The Balaban J connectivity index is 1.65. The van der Waals surface area contributed by atoms with Gasteiger partial charge in [0.1, 0.15) is 0 Å². The summed E-state index contributed by atoms with van der Waals surface area (Å²) in [5.41, 5.74) is 2.24. The zero-order chi connectivity index (χ0) is 13.9. The third-order valence-corrected chi connectivity index (χ3v) is 4.95. The van der Waals surface area contributed by atoms with E-state index in [2.05, 4.69) is 55.6 Å². The molecule has 3 atom stereocenters. The number of nitrogens with zero attached hydrogens (tertiary/aromatic N) is 1. The second-order valence-corrected chi connectivity index (χ2v) is 6.09. The summed E-state index contributed by atoms with van der Waals surface area (Å²) in [5.74, 6) is 1.69. The largest absolute Gasteiger partial charge is 0.308 e. The zero-order valence-electron chi connectivity index (χ0n) is 12.5. The zero-order valence-corrected chi connectivity index (χ0v) is 12.5. The van der Waals surface area contributed by atoms with E-state index in [1.165, 1.54) is 24.6 Å². The Hall–Kier alpha value is -1.41. The van der Waals surface area contributed by atoms with Crippen molar-refractivity contribution in [3.05, 3.63) is 42.1 Å². The lowest BCUT2D eigenvalue weighted by atomic mass is 9.93. The Labute approximate surface area is 121 Å². The van der Waals surface area contributed by atoms with Crippen molar-refractivity contribution in [1.29, 1.82) is 0 Å². The van der Waals surface area contributed by atoms with Crippen molar-refractivity contribution in [3.63, 3.8) is 0 Å². The molecule has 106 valence electrons. The molecule has 0 spiro atoms.